The van der Waals surface area contributed by atoms with E-state index in [-0.39, 0.29) is 11.5 Å². The fourth-order valence-electron chi connectivity index (χ4n) is 1.17. The third-order valence-corrected chi connectivity index (χ3v) is 3.31. The highest BCUT2D eigenvalue weighted by molar-refractivity contribution is 7.85. The first kappa shape index (κ1) is 10.6. The standard InChI is InChI=1S/C9H12O2S2/c1-6-4-8(7(2)12-6)9(10)5-13(3)11/h4H,5H2,1-3H3. The summed E-state index contributed by atoms with van der Waals surface area (Å²) in [6.45, 7) is 3.89. The number of Topliss-reactive ketones (excluding diaryl/α,β-unsaturated/α-hetero) is 1. The van der Waals surface area contributed by atoms with Crippen LogP contribution < -0.4 is 0 Å². The molecule has 0 N–H and O–H groups in total. The van der Waals surface area contributed by atoms with E-state index in [2.05, 4.69) is 0 Å². The summed E-state index contributed by atoms with van der Waals surface area (Å²) < 4.78 is 10.8. The second kappa shape index (κ2) is 4.15. The van der Waals surface area contributed by atoms with Crippen LogP contribution in [0.2, 0.25) is 0 Å². The Morgan fingerprint density at radius 1 is 1.54 bits per heavy atom. The van der Waals surface area contributed by atoms with Gasteiger partial charge in [0, 0.05) is 32.4 Å². The van der Waals surface area contributed by atoms with Gasteiger partial charge in [-0.3, -0.25) is 9.00 Å². The van der Waals surface area contributed by atoms with Gasteiger partial charge in [-0.05, 0) is 19.9 Å². The van der Waals surface area contributed by atoms with Crippen molar-refractivity contribution in [3.8, 4) is 0 Å². The van der Waals surface area contributed by atoms with Gasteiger partial charge in [-0.2, -0.15) is 0 Å². The lowest BCUT2D eigenvalue weighted by Crippen LogP contribution is -2.09. The van der Waals surface area contributed by atoms with Crippen LogP contribution in [-0.4, -0.2) is 22.0 Å². The van der Waals surface area contributed by atoms with Crippen LogP contribution in [0.3, 0.4) is 0 Å². The number of hydrogen-bond donors (Lipinski definition) is 0. The molecule has 1 rings (SSSR count). The molecule has 4 heteroatoms. The molecule has 0 aliphatic heterocycles. The van der Waals surface area contributed by atoms with E-state index in [1.807, 2.05) is 19.9 Å². The van der Waals surface area contributed by atoms with Crippen LogP contribution in [0, 0.1) is 13.8 Å². The van der Waals surface area contributed by atoms with Crippen LogP contribution in [0.4, 0.5) is 0 Å². The van der Waals surface area contributed by atoms with Crippen LogP contribution in [0.1, 0.15) is 20.1 Å². The minimum Gasteiger partial charge on any atom is -0.293 e. The quantitative estimate of drug-likeness (QED) is 0.723. The van der Waals surface area contributed by atoms with Crippen molar-refractivity contribution in [1.29, 1.82) is 0 Å². The Hall–Kier alpha value is -0.480. The van der Waals surface area contributed by atoms with Gasteiger partial charge >= 0.3 is 0 Å². The normalized spacial score (nSPS) is 12.8. The lowest BCUT2D eigenvalue weighted by Gasteiger charge is -1.95. The zero-order chi connectivity index (χ0) is 10.0. The Bertz CT molecular complexity index is 352. The molecule has 1 heterocycles. The minimum absolute atomic E-state index is 0.0114. The van der Waals surface area contributed by atoms with Crippen molar-refractivity contribution in [2.24, 2.45) is 0 Å². The van der Waals surface area contributed by atoms with Crippen molar-refractivity contribution in [3.63, 3.8) is 0 Å². The average molecular weight is 216 g/mol. The van der Waals surface area contributed by atoms with E-state index in [0.717, 1.165) is 15.3 Å². The lowest BCUT2D eigenvalue weighted by atomic mass is 10.2. The summed E-state index contributed by atoms with van der Waals surface area (Å²) in [5, 5.41) is 0. The van der Waals surface area contributed by atoms with Gasteiger partial charge in [-0.25, -0.2) is 0 Å². The first-order chi connectivity index (χ1) is 6.00. The maximum absolute atomic E-state index is 11.5. The Morgan fingerprint density at radius 3 is 2.54 bits per heavy atom. The number of carbonyl (C=O) groups is 1. The monoisotopic (exact) mass is 216 g/mol. The molecule has 1 aromatic rings. The minimum atomic E-state index is -1.04. The predicted molar refractivity (Wildman–Crippen MR) is 57.1 cm³/mol. The first-order valence-corrected chi connectivity index (χ1v) is 6.45. The summed E-state index contributed by atoms with van der Waals surface area (Å²) in [5.74, 6) is 0.125. The number of thiophene rings is 1. The van der Waals surface area contributed by atoms with Crippen LogP contribution in [0.15, 0.2) is 6.07 Å². The molecule has 1 atom stereocenters. The number of hydrogen-bond acceptors (Lipinski definition) is 3. The van der Waals surface area contributed by atoms with Gasteiger partial charge in [-0.1, -0.05) is 0 Å². The number of rotatable bonds is 3. The largest absolute Gasteiger partial charge is 0.293 e. The molecule has 0 spiro atoms. The summed E-state index contributed by atoms with van der Waals surface area (Å²) in [6, 6.07) is 1.87. The van der Waals surface area contributed by atoms with Crippen molar-refractivity contribution in [3.05, 3.63) is 21.4 Å². The number of aryl methyl sites for hydroxylation is 2. The van der Waals surface area contributed by atoms with E-state index in [0.29, 0.717) is 0 Å². The highest BCUT2D eigenvalue weighted by atomic mass is 32.2. The molecule has 1 unspecified atom stereocenters. The number of ketones is 1. The third kappa shape index (κ3) is 2.74. The zero-order valence-corrected chi connectivity index (χ0v) is 9.55. The molecule has 0 amide bonds. The molecule has 0 aromatic carbocycles. The molecule has 0 bridgehead atoms. The Balaban J connectivity index is 2.88. The molecule has 2 nitrogen and oxygen atoms in total. The summed E-state index contributed by atoms with van der Waals surface area (Å²) >= 11 is 1.60. The van der Waals surface area contributed by atoms with Gasteiger partial charge in [-0.15, -0.1) is 11.3 Å². The van der Waals surface area contributed by atoms with E-state index in [1.54, 1.807) is 17.6 Å². The Labute approximate surface area is 84.4 Å². The topological polar surface area (TPSA) is 34.1 Å². The molecule has 0 aliphatic carbocycles. The van der Waals surface area contributed by atoms with Gasteiger partial charge in [0.05, 0.1) is 5.75 Å². The van der Waals surface area contributed by atoms with E-state index in [1.165, 1.54) is 0 Å². The summed E-state index contributed by atoms with van der Waals surface area (Å²) in [6.07, 6.45) is 1.55. The lowest BCUT2D eigenvalue weighted by molar-refractivity contribution is 0.102. The molecule has 1 aromatic heterocycles. The molecule has 0 aliphatic rings. The summed E-state index contributed by atoms with van der Waals surface area (Å²) in [4.78, 5) is 13.7. The second-order valence-electron chi connectivity index (χ2n) is 2.97. The molecule has 0 saturated carbocycles. The fourth-order valence-corrected chi connectivity index (χ4v) is 2.64. The molecule has 72 valence electrons. The van der Waals surface area contributed by atoms with Crippen LogP contribution >= 0.6 is 11.3 Å². The van der Waals surface area contributed by atoms with Crippen LogP contribution in [0.5, 0.6) is 0 Å². The van der Waals surface area contributed by atoms with Crippen LogP contribution in [-0.2, 0) is 10.8 Å². The van der Waals surface area contributed by atoms with E-state index < -0.39 is 10.8 Å². The maximum atomic E-state index is 11.5. The van der Waals surface area contributed by atoms with Crippen molar-refractivity contribution in [2.45, 2.75) is 13.8 Å². The van der Waals surface area contributed by atoms with E-state index >= 15 is 0 Å². The van der Waals surface area contributed by atoms with E-state index in [4.69, 9.17) is 0 Å². The third-order valence-electron chi connectivity index (χ3n) is 1.68. The highest BCUT2D eigenvalue weighted by Gasteiger charge is 2.12. The van der Waals surface area contributed by atoms with Gasteiger partial charge in [0.2, 0.25) is 0 Å². The molecule has 0 fully saturated rings. The zero-order valence-electron chi connectivity index (χ0n) is 7.92. The van der Waals surface area contributed by atoms with Gasteiger partial charge < -0.3 is 0 Å². The smallest absolute Gasteiger partial charge is 0.176 e. The molecular formula is C9H12O2S2. The summed E-state index contributed by atoms with van der Waals surface area (Å²) in [7, 11) is -1.04. The maximum Gasteiger partial charge on any atom is 0.176 e. The molecule has 0 saturated heterocycles. The molecular weight excluding hydrogens is 204 g/mol. The van der Waals surface area contributed by atoms with Gasteiger partial charge in [0.25, 0.3) is 0 Å². The predicted octanol–water partition coefficient (Wildman–Crippen LogP) is 1.93. The highest BCUT2D eigenvalue weighted by Crippen LogP contribution is 2.20. The van der Waals surface area contributed by atoms with Gasteiger partial charge in [0.1, 0.15) is 0 Å². The number of carbonyl (C=O) groups excluding carboxylic acids is 1. The van der Waals surface area contributed by atoms with Gasteiger partial charge in [0.15, 0.2) is 5.78 Å². The van der Waals surface area contributed by atoms with E-state index in [9.17, 15) is 9.00 Å². The molecule has 0 radical (unpaired) electrons. The van der Waals surface area contributed by atoms with Crippen molar-refractivity contribution < 1.29 is 9.00 Å². The Kier molecular flexibility index (Phi) is 3.39. The Morgan fingerprint density at radius 2 is 2.15 bits per heavy atom. The first-order valence-electron chi connectivity index (χ1n) is 3.91. The van der Waals surface area contributed by atoms with Crippen molar-refractivity contribution in [1.82, 2.24) is 0 Å². The van der Waals surface area contributed by atoms with Crippen molar-refractivity contribution in [2.75, 3.05) is 12.0 Å². The average Bonchev–Trinajstić information content (AvgIpc) is 2.28. The molecule has 13 heavy (non-hydrogen) atoms. The fraction of sp³-hybridized carbons (Fsp3) is 0.444. The second-order valence-corrected chi connectivity index (χ2v) is 5.86. The SMILES string of the molecule is Cc1cc(C(=O)CS(C)=O)c(C)s1. The van der Waals surface area contributed by atoms with Crippen LogP contribution in [0.25, 0.3) is 0 Å². The summed E-state index contributed by atoms with van der Waals surface area (Å²) in [5.41, 5.74) is 0.734. The van der Waals surface area contributed by atoms with Crippen molar-refractivity contribution >= 4 is 27.9 Å².